The van der Waals surface area contributed by atoms with Gasteiger partial charge in [-0.15, -0.1) is 0 Å². The van der Waals surface area contributed by atoms with Crippen molar-refractivity contribution in [2.45, 2.75) is 38.3 Å². The molecule has 0 amide bonds. The maximum absolute atomic E-state index is 14.1. The Morgan fingerprint density at radius 2 is 2.00 bits per heavy atom. The van der Waals surface area contributed by atoms with Crippen molar-refractivity contribution < 1.29 is 9.13 Å². The van der Waals surface area contributed by atoms with Gasteiger partial charge in [-0.2, -0.15) is 0 Å². The lowest BCUT2D eigenvalue weighted by Gasteiger charge is -2.42. The lowest BCUT2D eigenvalue weighted by atomic mass is 9.88. The largest absolute Gasteiger partial charge is 0.496 e. The number of hydrogen-bond acceptors (Lipinski definition) is 3. The molecule has 0 saturated carbocycles. The highest BCUT2D eigenvalue weighted by Gasteiger charge is 2.32. The lowest BCUT2D eigenvalue weighted by Crippen LogP contribution is -2.50. The first kappa shape index (κ1) is 15.3. The number of halogens is 1. The molecule has 1 aliphatic rings. The van der Waals surface area contributed by atoms with Crippen LogP contribution in [0.2, 0.25) is 0 Å². The zero-order valence-electron chi connectivity index (χ0n) is 12.9. The summed E-state index contributed by atoms with van der Waals surface area (Å²) in [5, 5.41) is 3.39. The lowest BCUT2D eigenvalue weighted by molar-refractivity contribution is 0.114. The highest BCUT2D eigenvalue weighted by Crippen LogP contribution is 2.34. The van der Waals surface area contributed by atoms with E-state index in [2.05, 4.69) is 24.1 Å². The highest BCUT2D eigenvalue weighted by molar-refractivity contribution is 5.37. The molecule has 1 aromatic carbocycles. The van der Waals surface area contributed by atoms with Crippen molar-refractivity contribution in [2.24, 2.45) is 0 Å². The van der Waals surface area contributed by atoms with E-state index >= 15 is 0 Å². The van der Waals surface area contributed by atoms with E-state index in [9.17, 15) is 4.39 Å². The van der Waals surface area contributed by atoms with Gasteiger partial charge < -0.3 is 10.1 Å². The molecule has 1 saturated heterocycles. The van der Waals surface area contributed by atoms with Gasteiger partial charge in [-0.1, -0.05) is 6.07 Å². The molecule has 1 aliphatic heterocycles. The van der Waals surface area contributed by atoms with Crippen molar-refractivity contribution >= 4 is 0 Å². The molecule has 1 unspecified atom stereocenters. The van der Waals surface area contributed by atoms with Crippen molar-refractivity contribution in [3.05, 3.63) is 29.6 Å². The SMILES string of the molecule is CNC1(C)CCN(C(C)c2c(F)cccc2OC)CC1. The monoisotopic (exact) mass is 280 g/mol. The standard InChI is InChI=1S/C16H25FN2O/c1-12(15-13(17)6-5-7-14(15)20-4)19-10-8-16(2,18-3)9-11-19/h5-7,12,18H,8-11H2,1-4H3. The third-order valence-corrected chi connectivity index (χ3v) is 4.70. The first-order valence-electron chi connectivity index (χ1n) is 7.26. The summed E-state index contributed by atoms with van der Waals surface area (Å²) in [6.45, 7) is 6.24. The van der Waals surface area contributed by atoms with E-state index in [4.69, 9.17) is 4.74 Å². The smallest absolute Gasteiger partial charge is 0.131 e. The quantitative estimate of drug-likeness (QED) is 0.917. The number of hydrogen-bond donors (Lipinski definition) is 1. The van der Waals surface area contributed by atoms with E-state index in [0.29, 0.717) is 11.3 Å². The number of nitrogens with one attached hydrogen (secondary N) is 1. The number of piperidine rings is 1. The van der Waals surface area contributed by atoms with Gasteiger partial charge in [0.1, 0.15) is 11.6 Å². The van der Waals surface area contributed by atoms with Crippen LogP contribution in [-0.2, 0) is 0 Å². The number of nitrogens with zero attached hydrogens (tertiary/aromatic N) is 1. The summed E-state index contributed by atoms with van der Waals surface area (Å²) in [6, 6.07) is 5.07. The fourth-order valence-corrected chi connectivity index (χ4v) is 2.94. The predicted octanol–water partition coefficient (Wildman–Crippen LogP) is 2.97. The highest BCUT2D eigenvalue weighted by atomic mass is 19.1. The predicted molar refractivity (Wildman–Crippen MR) is 79.6 cm³/mol. The zero-order chi connectivity index (χ0) is 14.8. The summed E-state index contributed by atoms with van der Waals surface area (Å²) in [7, 11) is 3.61. The molecular weight excluding hydrogens is 255 g/mol. The van der Waals surface area contributed by atoms with Gasteiger partial charge in [-0.25, -0.2) is 4.39 Å². The molecule has 20 heavy (non-hydrogen) atoms. The third-order valence-electron chi connectivity index (χ3n) is 4.70. The topological polar surface area (TPSA) is 24.5 Å². The molecule has 2 rings (SSSR count). The van der Waals surface area contributed by atoms with Crippen LogP contribution in [0, 0.1) is 5.82 Å². The molecule has 1 atom stereocenters. The molecule has 0 aliphatic carbocycles. The van der Waals surface area contributed by atoms with Crippen molar-refractivity contribution in [3.8, 4) is 5.75 Å². The summed E-state index contributed by atoms with van der Waals surface area (Å²) >= 11 is 0. The third kappa shape index (κ3) is 2.96. The van der Waals surface area contributed by atoms with Crippen LogP contribution in [0.4, 0.5) is 4.39 Å². The molecule has 4 heteroatoms. The van der Waals surface area contributed by atoms with Gasteiger partial charge in [0.05, 0.1) is 7.11 Å². The number of methoxy groups -OCH3 is 1. The molecule has 1 N–H and O–H groups in total. The van der Waals surface area contributed by atoms with Crippen LogP contribution in [0.5, 0.6) is 5.75 Å². The Hall–Kier alpha value is -1.13. The maximum Gasteiger partial charge on any atom is 0.131 e. The van der Waals surface area contributed by atoms with E-state index in [1.807, 2.05) is 13.1 Å². The molecular formula is C16H25FN2O. The van der Waals surface area contributed by atoms with Gasteiger partial charge >= 0.3 is 0 Å². The van der Waals surface area contributed by atoms with E-state index in [1.54, 1.807) is 13.2 Å². The Balaban J connectivity index is 2.15. The van der Waals surface area contributed by atoms with Crippen molar-refractivity contribution in [3.63, 3.8) is 0 Å². The fourth-order valence-electron chi connectivity index (χ4n) is 2.94. The van der Waals surface area contributed by atoms with Crippen molar-refractivity contribution in [1.82, 2.24) is 10.2 Å². The van der Waals surface area contributed by atoms with Crippen LogP contribution in [0.25, 0.3) is 0 Å². The normalized spacial score (nSPS) is 20.6. The minimum absolute atomic E-state index is 0.0348. The number of benzene rings is 1. The van der Waals surface area contributed by atoms with Crippen molar-refractivity contribution in [1.29, 1.82) is 0 Å². The van der Waals surface area contributed by atoms with E-state index in [1.165, 1.54) is 6.07 Å². The Morgan fingerprint density at radius 1 is 1.35 bits per heavy atom. The Labute approximate surface area is 121 Å². The molecule has 1 fully saturated rings. The molecule has 0 spiro atoms. The summed E-state index contributed by atoms with van der Waals surface area (Å²) in [5.41, 5.74) is 0.873. The second-order valence-electron chi connectivity index (χ2n) is 5.88. The maximum atomic E-state index is 14.1. The number of rotatable bonds is 4. The van der Waals surface area contributed by atoms with Gasteiger partial charge in [0.15, 0.2) is 0 Å². The molecule has 1 aromatic rings. The van der Waals surface area contributed by atoms with Gasteiger partial charge in [-0.05, 0) is 45.9 Å². The summed E-state index contributed by atoms with van der Waals surface area (Å²) in [6.07, 6.45) is 2.15. The van der Waals surface area contributed by atoms with Crippen LogP contribution in [0.3, 0.4) is 0 Å². The van der Waals surface area contributed by atoms with Crippen LogP contribution in [0.15, 0.2) is 18.2 Å². The average Bonchev–Trinajstić information content (AvgIpc) is 2.47. The summed E-state index contributed by atoms with van der Waals surface area (Å²) in [5.74, 6) is 0.457. The minimum Gasteiger partial charge on any atom is -0.496 e. The Kier molecular flexibility index (Phi) is 4.66. The van der Waals surface area contributed by atoms with Gasteiger partial charge in [0, 0.05) is 30.2 Å². The minimum atomic E-state index is -0.182. The van der Waals surface area contributed by atoms with Gasteiger partial charge in [0.25, 0.3) is 0 Å². The Morgan fingerprint density at radius 3 is 2.55 bits per heavy atom. The molecule has 1 heterocycles. The van der Waals surface area contributed by atoms with Crippen LogP contribution >= 0.6 is 0 Å². The van der Waals surface area contributed by atoms with E-state index < -0.39 is 0 Å². The average molecular weight is 280 g/mol. The van der Waals surface area contributed by atoms with E-state index in [0.717, 1.165) is 25.9 Å². The summed E-state index contributed by atoms with van der Waals surface area (Å²) < 4.78 is 19.5. The molecule has 0 bridgehead atoms. The molecule has 112 valence electrons. The Bertz CT molecular complexity index is 456. The fraction of sp³-hybridized carbons (Fsp3) is 0.625. The second kappa shape index (κ2) is 6.10. The van der Waals surface area contributed by atoms with Crippen molar-refractivity contribution in [2.75, 3.05) is 27.2 Å². The van der Waals surface area contributed by atoms with E-state index in [-0.39, 0.29) is 17.4 Å². The second-order valence-corrected chi connectivity index (χ2v) is 5.88. The first-order chi connectivity index (χ1) is 9.50. The van der Waals surface area contributed by atoms with Gasteiger partial charge in [0.2, 0.25) is 0 Å². The van der Waals surface area contributed by atoms with Crippen LogP contribution in [0.1, 0.15) is 38.3 Å². The number of likely N-dealkylation sites (tertiary alicyclic amines) is 1. The first-order valence-corrected chi connectivity index (χ1v) is 7.26. The molecule has 0 aromatic heterocycles. The zero-order valence-corrected chi connectivity index (χ0v) is 12.9. The molecule has 3 nitrogen and oxygen atoms in total. The van der Waals surface area contributed by atoms with Crippen LogP contribution in [-0.4, -0.2) is 37.7 Å². The van der Waals surface area contributed by atoms with Gasteiger partial charge in [-0.3, -0.25) is 4.90 Å². The molecule has 0 radical (unpaired) electrons. The van der Waals surface area contributed by atoms with Crippen LogP contribution < -0.4 is 10.1 Å². The summed E-state index contributed by atoms with van der Waals surface area (Å²) in [4.78, 5) is 2.33. The number of ether oxygens (including phenoxy) is 1.